The number of likely N-dealkylation sites (tertiary alicyclic amines) is 1. The van der Waals surface area contributed by atoms with Gasteiger partial charge in [0, 0.05) is 31.7 Å². The van der Waals surface area contributed by atoms with Gasteiger partial charge in [0.2, 0.25) is 5.91 Å². The molecule has 5 nitrogen and oxygen atoms in total. The van der Waals surface area contributed by atoms with Crippen molar-refractivity contribution in [3.8, 4) is 0 Å². The summed E-state index contributed by atoms with van der Waals surface area (Å²) in [6.45, 7) is 2.20. The van der Waals surface area contributed by atoms with Crippen molar-refractivity contribution in [1.82, 2.24) is 10.2 Å². The summed E-state index contributed by atoms with van der Waals surface area (Å²) in [6.07, 6.45) is 9.74. The number of amides is 3. The van der Waals surface area contributed by atoms with E-state index in [1.807, 2.05) is 0 Å². The molecule has 2 fully saturated rings. The zero-order valence-electron chi connectivity index (χ0n) is 16.6. The van der Waals surface area contributed by atoms with E-state index in [1.54, 1.807) is 17.0 Å². The highest BCUT2D eigenvalue weighted by Crippen LogP contribution is 2.24. The van der Waals surface area contributed by atoms with Crippen molar-refractivity contribution in [3.63, 3.8) is 0 Å². The Balaban J connectivity index is 1.37. The predicted molar refractivity (Wildman–Crippen MR) is 109 cm³/mol. The first kappa shape index (κ1) is 20.6. The Labute approximate surface area is 167 Å². The summed E-state index contributed by atoms with van der Waals surface area (Å²) in [6, 6.07) is 5.63. The lowest BCUT2D eigenvalue weighted by Gasteiger charge is -2.32. The van der Waals surface area contributed by atoms with Crippen LogP contribution in [0.15, 0.2) is 24.3 Å². The van der Waals surface area contributed by atoms with Gasteiger partial charge in [0.05, 0.1) is 0 Å². The Morgan fingerprint density at radius 3 is 2.46 bits per heavy atom. The molecule has 2 aliphatic rings. The van der Waals surface area contributed by atoms with E-state index in [0.29, 0.717) is 30.5 Å². The smallest absolute Gasteiger partial charge is 0.321 e. The first-order chi connectivity index (χ1) is 13.6. The van der Waals surface area contributed by atoms with Crippen molar-refractivity contribution in [3.05, 3.63) is 30.1 Å². The average Bonchev–Trinajstić information content (AvgIpc) is 2.73. The van der Waals surface area contributed by atoms with Gasteiger partial charge < -0.3 is 15.5 Å². The highest BCUT2D eigenvalue weighted by molar-refractivity contribution is 5.89. The molecule has 154 valence electrons. The Kier molecular flexibility index (Phi) is 7.69. The molecule has 2 N–H and O–H groups in total. The second-order valence-electron chi connectivity index (χ2n) is 8.24. The molecule has 1 saturated carbocycles. The van der Waals surface area contributed by atoms with E-state index in [-0.39, 0.29) is 17.8 Å². The number of piperidine rings is 1. The van der Waals surface area contributed by atoms with E-state index in [0.717, 1.165) is 32.4 Å². The number of hydrogen-bond donors (Lipinski definition) is 2. The van der Waals surface area contributed by atoms with Crippen LogP contribution in [-0.4, -0.2) is 36.5 Å². The fraction of sp³-hybridized carbons (Fsp3) is 0.636. The number of nitrogens with zero attached hydrogens (tertiary/aromatic N) is 1. The molecule has 3 rings (SSSR count). The molecule has 0 spiro atoms. The van der Waals surface area contributed by atoms with Gasteiger partial charge in [0.1, 0.15) is 5.82 Å². The standard InChI is InChI=1S/C22H32FN3O2/c23-19-9-11-20(12-10-19)25-22(28)26-14-4-7-18(16-26)8-13-21(27)24-15-17-5-2-1-3-6-17/h9-12,17-18H,1-8,13-16H2,(H,24,27)(H,25,28). The third-order valence-electron chi connectivity index (χ3n) is 5.99. The van der Waals surface area contributed by atoms with Crippen LogP contribution < -0.4 is 10.6 Å². The first-order valence-electron chi connectivity index (χ1n) is 10.7. The second kappa shape index (κ2) is 10.4. The monoisotopic (exact) mass is 389 g/mol. The topological polar surface area (TPSA) is 61.4 Å². The van der Waals surface area contributed by atoms with Crippen molar-refractivity contribution in [2.75, 3.05) is 25.0 Å². The summed E-state index contributed by atoms with van der Waals surface area (Å²) in [7, 11) is 0. The Bertz CT molecular complexity index is 644. The minimum absolute atomic E-state index is 0.137. The molecule has 1 unspecified atom stereocenters. The van der Waals surface area contributed by atoms with E-state index in [4.69, 9.17) is 0 Å². The third kappa shape index (κ3) is 6.50. The van der Waals surface area contributed by atoms with Crippen LogP contribution in [0.5, 0.6) is 0 Å². The molecule has 3 amide bonds. The van der Waals surface area contributed by atoms with Gasteiger partial charge in [-0.2, -0.15) is 0 Å². The van der Waals surface area contributed by atoms with Crippen molar-refractivity contribution in [2.45, 2.75) is 57.8 Å². The van der Waals surface area contributed by atoms with Crippen LogP contribution in [0.2, 0.25) is 0 Å². The van der Waals surface area contributed by atoms with Gasteiger partial charge in [-0.25, -0.2) is 9.18 Å². The Hall–Kier alpha value is -2.11. The van der Waals surface area contributed by atoms with Crippen LogP contribution in [0.1, 0.15) is 57.8 Å². The number of anilines is 1. The zero-order valence-corrected chi connectivity index (χ0v) is 16.6. The van der Waals surface area contributed by atoms with Crippen LogP contribution in [0.25, 0.3) is 0 Å². The number of halogens is 1. The summed E-state index contributed by atoms with van der Waals surface area (Å²) in [5.74, 6) is 0.822. The number of carbonyl (C=O) groups excluding carboxylic acids is 2. The molecule has 1 aromatic carbocycles. The van der Waals surface area contributed by atoms with Gasteiger partial charge in [0.25, 0.3) is 0 Å². The molecule has 0 aromatic heterocycles. The van der Waals surface area contributed by atoms with E-state index in [2.05, 4.69) is 10.6 Å². The fourth-order valence-electron chi connectivity index (χ4n) is 4.29. The Morgan fingerprint density at radius 1 is 1.00 bits per heavy atom. The van der Waals surface area contributed by atoms with Crippen LogP contribution in [-0.2, 0) is 4.79 Å². The molecule has 1 aliphatic carbocycles. The molecule has 6 heteroatoms. The van der Waals surface area contributed by atoms with E-state index in [9.17, 15) is 14.0 Å². The van der Waals surface area contributed by atoms with Gasteiger partial charge in [-0.05, 0) is 68.2 Å². The van der Waals surface area contributed by atoms with Crippen LogP contribution >= 0.6 is 0 Å². The third-order valence-corrected chi connectivity index (χ3v) is 5.99. The number of nitrogens with one attached hydrogen (secondary N) is 2. The minimum atomic E-state index is -0.321. The van der Waals surface area contributed by atoms with Gasteiger partial charge >= 0.3 is 6.03 Å². The van der Waals surface area contributed by atoms with Gasteiger partial charge in [-0.15, -0.1) is 0 Å². The van der Waals surface area contributed by atoms with Crippen molar-refractivity contribution in [2.24, 2.45) is 11.8 Å². The molecule has 0 radical (unpaired) electrons. The molecule has 1 aliphatic heterocycles. The van der Waals surface area contributed by atoms with Crippen molar-refractivity contribution >= 4 is 17.6 Å². The molecular formula is C22H32FN3O2. The summed E-state index contributed by atoms with van der Waals surface area (Å²) in [5.41, 5.74) is 0.593. The highest BCUT2D eigenvalue weighted by atomic mass is 19.1. The maximum absolute atomic E-state index is 13.0. The minimum Gasteiger partial charge on any atom is -0.356 e. The number of hydrogen-bond acceptors (Lipinski definition) is 2. The second-order valence-corrected chi connectivity index (χ2v) is 8.24. The fourth-order valence-corrected chi connectivity index (χ4v) is 4.29. The molecule has 1 heterocycles. The van der Waals surface area contributed by atoms with E-state index >= 15 is 0 Å². The largest absolute Gasteiger partial charge is 0.356 e. The predicted octanol–water partition coefficient (Wildman–Crippen LogP) is 4.55. The zero-order chi connectivity index (χ0) is 19.8. The van der Waals surface area contributed by atoms with Crippen LogP contribution in [0, 0.1) is 17.7 Å². The molecule has 0 bridgehead atoms. The van der Waals surface area contributed by atoms with E-state index in [1.165, 1.54) is 44.2 Å². The number of urea groups is 1. The summed E-state index contributed by atoms with van der Waals surface area (Å²) >= 11 is 0. The van der Waals surface area contributed by atoms with Crippen LogP contribution in [0.3, 0.4) is 0 Å². The molecule has 1 saturated heterocycles. The summed E-state index contributed by atoms with van der Waals surface area (Å²) in [4.78, 5) is 26.4. The lowest BCUT2D eigenvalue weighted by atomic mass is 9.89. The molecule has 1 atom stereocenters. The first-order valence-corrected chi connectivity index (χ1v) is 10.7. The SMILES string of the molecule is O=C(CCC1CCCN(C(=O)Nc2ccc(F)cc2)C1)NCC1CCCCC1. The molecular weight excluding hydrogens is 357 g/mol. The van der Waals surface area contributed by atoms with Gasteiger partial charge in [-0.1, -0.05) is 19.3 Å². The van der Waals surface area contributed by atoms with Crippen molar-refractivity contribution < 1.29 is 14.0 Å². The average molecular weight is 390 g/mol. The van der Waals surface area contributed by atoms with Crippen molar-refractivity contribution in [1.29, 1.82) is 0 Å². The quantitative estimate of drug-likeness (QED) is 0.750. The normalized spacial score (nSPS) is 20.6. The summed E-state index contributed by atoms with van der Waals surface area (Å²) in [5, 5.41) is 5.92. The maximum Gasteiger partial charge on any atom is 0.321 e. The van der Waals surface area contributed by atoms with Gasteiger partial charge in [-0.3, -0.25) is 4.79 Å². The lowest BCUT2D eigenvalue weighted by molar-refractivity contribution is -0.121. The van der Waals surface area contributed by atoms with Crippen LogP contribution in [0.4, 0.5) is 14.9 Å². The lowest BCUT2D eigenvalue weighted by Crippen LogP contribution is -2.42. The molecule has 28 heavy (non-hydrogen) atoms. The van der Waals surface area contributed by atoms with Gasteiger partial charge in [0.15, 0.2) is 0 Å². The summed E-state index contributed by atoms with van der Waals surface area (Å²) < 4.78 is 13.0. The maximum atomic E-state index is 13.0. The highest BCUT2D eigenvalue weighted by Gasteiger charge is 2.24. The number of carbonyl (C=O) groups is 2. The van der Waals surface area contributed by atoms with E-state index < -0.39 is 0 Å². The number of rotatable bonds is 6. The molecule has 1 aromatic rings. The Morgan fingerprint density at radius 2 is 1.71 bits per heavy atom. The number of benzene rings is 1.